The van der Waals surface area contributed by atoms with Crippen LogP contribution in [0.1, 0.15) is 47.7 Å². The summed E-state index contributed by atoms with van der Waals surface area (Å²) in [5.74, 6) is -0.474. The van der Waals surface area contributed by atoms with Crippen LogP contribution in [0, 0.1) is 19.8 Å². The van der Waals surface area contributed by atoms with E-state index in [4.69, 9.17) is 0 Å². The van der Waals surface area contributed by atoms with Gasteiger partial charge in [-0.05, 0) is 80.0 Å². The van der Waals surface area contributed by atoms with Gasteiger partial charge in [0, 0.05) is 85.5 Å². The molecule has 11 nitrogen and oxygen atoms in total. The minimum Gasteiger partial charge on any atom is -0.388 e. The van der Waals surface area contributed by atoms with Crippen LogP contribution in [0.15, 0.2) is 112 Å². The van der Waals surface area contributed by atoms with Crippen molar-refractivity contribution in [2.45, 2.75) is 56.1 Å². The largest absolute Gasteiger partial charge is 0.388 e. The third-order valence-electron chi connectivity index (χ3n) is 11.2. The van der Waals surface area contributed by atoms with Crippen LogP contribution in [-0.2, 0) is 23.2 Å². The van der Waals surface area contributed by atoms with E-state index >= 15 is 0 Å². The number of aliphatic hydroxyl groups is 1. The van der Waals surface area contributed by atoms with Gasteiger partial charge in [0.25, 0.3) is 11.5 Å². The Bertz CT molecular complexity index is 2320. The molecule has 2 saturated heterocycles. The van der Waals surface area contributed by atoms with E-state index < -0.39 is 16.5 Å². The normalized spacial score (nSPS) is 21.9. The number of likely N-dealkylation sites (tertiary alicyclic amines) is 2. The summed E-state index contributed by atoms with van der Waals surface area (Å²) in [7, 11) is 0.744. The number of amides is 2. The first kappa shape index (κ1) is 35.7. The van der Waals surface area contributed by atoms with Crippen LogP contribution in [0.25, 0.3) is 16.6 Å². The Kier molecular flexibility index (Phi) is 9.57. The van der Waals surface area contributed by atoms with E-state index in [2.05, 4.69) is 26.4 Å². The molecule has 7 heterocycles. The predicted octanol–water partition coefficient (Wildman–Crippen LogP) is 5.13. The molecule has 0 spiro atoms. The Morgan fingerprint density at radius 3 is 2.35 bits per heavy atom. The number of fused-ring (bicyclic) bond motifs is 1. The summed E-state index contributed by atoms with van der Waals surface area (Å²) in [6.07, 6.45) is 10.3. The molecule has 278 valence electrons. The van der Waals surface area contributed by atoms with Crippen LogP contribution in [0.3, 0.4) is 0 Å². The molecule has 4 aromatic heterocycles. The molecule has 0 aliphatic carbocycles. The fourth-order valence-corrected chi connectivity index (χ4v) is 10.1. The number of benzene rings is 1. The third kappa shape index (κ3) is 6.91. The molecule has 0 radical (unpaired) electrons. The Morgan fingerprint density at radius 2 is 1.65 bits per heavy atom. The van der Waals surface area contributed by atoms with Crippen molar-refractivity contribution in [2.24, 2.45) is 13.0 Å². The van der Waals surface area contributed by atoms with E-state index in [0.717, 1.165) is 37.9 Å². The average Bonchev–Trinajstić information content (AvgIpc) is 3.81. The number of allylic oxidation sites excluding steroid dienone is 2. The van der Waals surface area contributed by atoms with Crippen LogP contribution in [0.4, 0.5) is 0 Å². The number of hydrogen-bond donors (Lipinski definition) is 2. The van der Waals surface area contributed by atoms with E-state index in [0.29, 0.717) is 56.5 Å². The van der Waals surface area contributed by atoms with E-state index in [1.807, 2.05) is 97.7 Å². The van der Waals surface area contributed by atoms with Crippen LogP contribution in [0.5, 0.6) is 0 Å². The zero-order valence-corrected chi connectivity index (χ0v) is 31.7. The lowest BCUT2D eigenvalue weighted by Gasteiger charge is -2.43. The zero-order valence-electron chi connectivity index (χ0n) is 30.8. The van der Waals surface area contributed by atoms with Crippen LogP contribution in [0.2, 0.25) is 0 Å². The number of rotatable bonds is 7. The number of thiol groups is 1. The van der Waals surface area contributed by atoms with Gasteiger partial charge < -0.3 is 19.5 Å². The quantitative estimate of drug-likeness (QED) is 0.222. The molecule has 3 aliphatic rings. The maximum atomic E-state index is 14.6. The van der Waals surface area contributed by atoms with Crippen molar-refractivity contribution in [1.82, 2.24) is 33.9 Å². The van der Waals surface area contributed by atoms with Gasteiger partial charge in [0.1, 0.15) is 12.0 Å². The van der Waals surface area contributed by atoms with Crippen molar-refractivity contribution in [3.05, 3.63) is 135 Å². The Hall–Kier alpha value is -5.33. The van der Waals surface area contributed by atoms with Crippen LogP contribution >= 0.6 is 10.9 Å². The van der Waals surface area contributed by atoms with Gasteiger partial charge in [0.05, 0.1) is 22.4 Å². The molecule has 5 aromatic rings. The first-order valence-corrected chi connectivity index (χ1v) is 19.9. The molecular formula is C42H45N7O4S. The average molecular weight is 744 g/mol. The second kappa shape index (κ2) is 14.5. The maximum Gasteiger partial charge on any atom is 0.262 e. The van der Waals surface area contributed by atoms with Crippen molar-refractivity contribution in [2.75, 3.05) is 26.2 Å². The SMILES string of the molecule is Cc1ccc(C2=C[SH](c3ccc(C)nc3)C(C(=O)N3CC[C@@H](C(=O)N4CCC(O)(Cn5cnc6c(ccn6C)c5=O)CC4)[C@H](c4ccccc4)C3)=C2)cn1. The third-order valence-corrected chi connectivity index (χ3v) is 13.4. The molecule has 1 N–H and O–H groups in total. The van der Waals surface area contributed by atoms with Gasteiger partial charge >= 0.3 is 0 Å². The highest BCUT2D eigenvalue weighted by Gasteiger charge is 2.42. The number of aryl methyl sites for hydroxylation is 3. The molecule has 3 atom stereocenters. The number of aromatic nitrogens is 5. The van der Waals surface area contributed by atoms with Crippen molar-refractivity contribution in [1.29, 1.82) is 0 Å². The number of carbonyl (C=O) groups is 2. The van der Waals surface area contributed by atoms with Gasteiger partial charge in [0.15, 0.2) is 0 Å². The molecule has 0 saturated carbocycles. The number of pyridine rings is 2. The van der Waals surface area contributed by atoms with Gasteiger partial charge in [0.2, 0.25) is 5.91 Å². The molecule has 1 unspecified atom stereocenters. The first-order chi connectivity index (χ1) is 26.1. The molecule has 2 amide bonds. The lowest BCUT2D eigenvalue weighted by Crippen LogP contribution is -2.53. The van der Waals surface area contributed by atoms with Gasteiger partial charge in [-0.25, -0.2) is 4.98 Å². The number of hydrogen-bond acceptors (Lipinski definition) is 7. The summed E-state index contributed by atoms with van der Waals surface area (Å²) in [4.78, 5) is 61.2. The maximum absolute atomic E-state index is 14.6. The summed E-state index contributed by atoms with van der Waals surface area (Å²) >= 11 is 0. The van der Waals surface area contributed by atoms with E-state index in [1.54, 1.807) is 16.8 Å². The van der Waals surface area contributed by atoms with E-state index in [1.165, 1.54) is 10.9 Å². The van der Waals surface area contributed by atoms with Crippen molar-refractivity contribution < 1.29 is 14.7 Å². The van der Waals surface area contributed by atoms with Gasteiger partial charge in [-0.3, -0.25) is 28.9 Å². The van der Waals surface area contributed by atoms with Crippen molar-refractivity contribution in [3.8, 4) is 0 Å². The van der Waals surface area contributed by atoms with E-state index in [9.17, 15) is 19.5 Å². The summed E-state index contributed by atoms with van der Waals surface area (Å²) in [5, 5.41) is 14.3. The van der Waals surface area contributed by atoms with Crippen molar-refractivity contribution in [3.63, 3.8) is 0 Å². The highest BCUT2D eigenvalue weighted by Crippen LogP contribution is 2.53. The number of nitrogens with zero attached hydrogens (tertiary/aromatic N) is 7. The summed E-state index contributed by atoms with van der Waals surface area (Å²) < 4.78 is 3.28. The van der Waals surface area contributed by atoms with Crippen molar-refractivity contribution >= 4 is 39.3 Å². The zero-order chi connectivity index (χ0) is 37.6. The molecule has 54 heavy (non-hydrogen) atoms. The first-order valence-electron chi connectivity index (χ1n) is 18.5. The molecule has 1 aromatic carbocycles. The second-order valence-electron chi connectivity index (χ2n) is 14.9. The number of carbonyl (C=O) groups excluding carboxylic acids is 2. The van der Waals surface area contributed by atoms with Gasteiger partial charge in [-0.15, -0.1) is 0 Å². The minimum atomic E-state index is -1.14. The lowest BCUT2D eigenvalue weighted by molar-refractivity contribution is -0.144. The highest BCUT2D eigenvalue weighted by atomic mass is 32.2. The fraction of sp³-hybridized carbons (Fsp3) is 0.333. The molecule has 0 bridgehead atoms. The Labute approximate surface area is 317 Å². The molecule has 8 rings (SSSR count). The second-order valence-corrected chi connectivity index (χ2v) is 16.9. The Morgan fingerprint density at radius 1 is 0.907 bits per heavy atom. The van der Waals surface area contributed by atoms with E-state index in [-0.39, 0.29) is 35.8 Å². The van der Waals surface area contributed by atoms with Gasteiger partial charge in [-0.2, -0.15) is 10.9 Å². The van der Waals surface area contributed by atoms with Crippen LogP contribution in [-0.4, -0.2) is 82.6 Å². The topological polar surface area (TPSA) is 126 Å². The summed E-state index contributed by atoms with van der Waals surface area (Å²) in [6, 6.07) is 19.9. The minimum absolute atomic E-state index is 0.0127. The van der Waals surface area contributed by atoms with Gasteiger partial charge in [-0.1, -0.05) is 36.4 Å². The predicted molar refractivity (Wildman–Crippen MR) is 211 cm³/mol. The standard InChI is InChI=1S/C42H45N7O4S/c1-28-9-11-31(22-43-28)32-21-37(54(25-32)33-12-10-29(2)44-23-33)41(52)48-18-14-34(36(24-48)30-7-5-4-6-8-30)39(50)47-19-15-42(53,16-20-47)26-49-27-45-38-35(40(49)51)13-17-46(38)3/h4-13,17,21-23,25,27,34,36,53-54H,14-16,18-20,24,26H2,1-3H3/t34-,36+/m1/s1. The highest BCUT2D eigenvalue weighted by molar-refractivity contribution is 8.24. The Balaban J connectivity index is 0.999. The lowest BCUT2D eigenvalue weighted by atomic mass is 9.79. The van der Waals surface area contributed by atoms with Crippen LogP contribution < -0.4 is 5.56 Å². The molecular weight excluding hydrogens is 699 g/mol. The summed E-state index contributed by atoms with van der Waals surface area (Å²) in [6.45, 7) is 5.68. The summed E-state index contributed by atoms with van der Waals surface area (Å²) in [5.41, 5.74) is 4.12. The smallest absolute Gasteiger partial charge is 0.262 e. The number of piperidine rings is 2. The fourth-order valence-electron chi connectivity index (χ4n) is 8.02. The molecule has 3 aliphatic heterocycles. The molecule has 2 fully saturated rings. The molecule has 12 heteroatoms. The monoisotopic (exact) mass is 743 g/mol.